The van der Waals surface area contributed by atoms with Gasteiger partial charge in [-0.25, -0.2) is 0 Å². The van der Waals surface area contributed by atoms with Crippen molar-refractivity contribution in [1.29, 1.82) is 0 Å². The molecule has 1 rings (SSSR count). The van der Waals surface area contributed by atoms with Gasteiger partial charge in [0.2, 0.25) is 0 Å². The second kappa shape index (κ2) is 3.47. The highest BCUT2D eigenvalue weighted by molar-refractivity contribution is 7.80. The van der Waals surface area contributed by atoms with E-state index in [1.807, 2.05) is 0 Å². The molecule has 1 unspecified atom stereocenters. The van der Waals surface area contributed by atoms with Crippen molar-refractivity contribution >= 4 is 17.1 Å². The first-order valence-electron chi connectivity index (χ1n) is 4.24. The van der Waals surface area contributed by atoms with E-state index >= 15 is 0 Å². The largest absolute Gasteiger partial charge is 0.0894 e. The fourth-order valence-electron chi connectivity index (χ4n) is 1.71. The van der Waals surface area contributed by atoms with Crippen LogP contribution in [0.5, 0.6) is 0 Å². The van der Waals surface area contributed by atoms with Crippen LogP contribution >= 0.6 is 12.2 Å². The maximum atomic E-state index is 5.30. The molecule has 0 aromatic carbocycles. The maximum Gasteiger partial charge on any atom is -0.00380 e. The van der Waals surface area contributed by atoms with Gasteiger partial charge in [-0.2, -0.15) is 0 Å². The van der Waals surface area contributed by atoms with Crippen LogP contribution in [0.15, 0.2) is 0 Å². The molecule has 0 aromatic rings. The van der Waals surface area contributed by atoms with Crippen molar-refractivity contribution in [3.8, 4) is 0 Å². The summed E-state index contributed by atoms with van der Waals surface area (Å²) in [6.07, 6.45) is 5.28. The smallest absolute Gasteiger partial charge is 0.00380 e. The summed E-state index contributed by atoms with van der Waals surface area (Å²) in [6, 6.07) is 0. The second-order valence-corrected chi connectivity index (χ2v) is 4.09. The van der Waals surface area contributed by atoms with Crippen LogP contribution in [0.1, 0.15) is 39.5 Å². The molecule has 1 heteroatoms. The maximum absolute atomic E-state index is 5.30. The fourth-order valence-corrected chi connectivity index (χ4v) is 2.25. The Morgan fingerprint density at radius 3 is 2.50 bits per heavy atom. The summed E-state index contributed by atoms with van der Waals surface area (Å²) in [4.78, 5) is 1.33. The minimum absolute atomic E-state index is 0.753. The zero-order chi connectivity index (χ0) is 7.56. The summed E-state index contributed by atoms with van der Waals surface area (Å²) in [6.45, 7) is 4.56. The Morgan fingerprint density at radius 2 is 2.10 bits per heavy atom. The summed E-state index contributed by atoms with van der Waals surface area (Å²) in [7, 11) is 0. The lowest BCUT2D eigenvalue weighted by atomic mass is 9.82. The molecule has 0 nitrogen and oxygen atoms in total. The van der Waals surface area contributed by atoms with Crippen molar-refractivity contribution in [1.82, 2.24) is 0 Å². The minimum Gasteiger partial charge on any atom is -0.0894 e. The molecule has 10 heavy (non-hydrogen) atoms. The number of hydrogen-bond acceptors (Lipinski definition) is 1. The summed E-state index contributed by atoms with van der Waals surface area (Å²) >= 11 is 5.30. The predicted molar refractivity (Wildman–Crippen MR) is 49.4 cm³/mol. The minimum atomic E-state index is 0.753. The first-order chi connectivity index (χ1) is 4.72. The first-order valence-corrected chi connectivity index (χ1v) is 4.65. The highest BCUT2D eigenvalue weighted by Crippen LogP contribution is 2.27. The van der Waals surface area contributed by atoms with Crippen LogP contribution in [-0.4, -0.2) is 4.86 Å². The summed E-state index contributed by atoms with van der Waals surface area (Å²) in [5.74, 6) is 1.52. The third-order valence-electron chi connectivity index (χ3n) is 2.41. The lowest BCUT2D eigenvalue weighted by molar-refractivity contribution is 0.422. The van der Waals surface area contributed by atoms with Gasteiger partial charge in [-0.15, -0.1) is 0 Å². The van der Waals surface area contributed by atoms with Gasteiger partial charge < -0.3 is 0 Å². The second-order valence-electron chi connectivity index (χ2n) is 3.56. The third kappa shape index (κ3) is 1.79. The normalized spacial score (nSPS) is 27.5. The molecule has 1 aliphatic rings. The van der Waals surface area contributed by atoms with E-state index in [2.05, 4.69) is 13.8 Å². The number of rotatable bonds is 1. The van der Waals surface area contributed by atoms with E-state index in [-0.39, 0.29) is 0 Å². The molecule has 1 aliphatic carbocycles. The fraction of sp³-hybridized carbons (Fsp3) is 0.889. The molecule has 0 aromatic heterocycles. The predicted octanol–water partition coefficient (Wildman–Crippen LogP) is 3.20. The first kappa shape index (κ1) is 8.19. The molecule has 1 atom stereocenters. The van der Waals surface area contributed by atoms with Crippen molar-refractivity contribution in [3.63, 3.8) is 0 Å². The van der Waals surface area contributed by atoms with Gasteiger partial charge in [0.05, 0.1) is 0 Å². The van der Waals surface area contributed by atoms with Crippen molar-refractivity contribution in [2.45, 2.75) is 39.5 Å². The quantitative estimate of drug-likeness (QED) is 0.525. The molecule has 0 N–H and O–H groups in total. The summed E-state index contributed by atoms with van der Waals surface area (Å²) in [5, 5.41) is 0. The van der Waals surface area contributed by atoms with Gasteiger partial charge in [0.1, 0.15) is 0 Å². The van der Waals surface area contributed by atoms with E-state index < -0.39 is 0 Å². The standard InChI is InChI=1S/C9H16S/c1-7(2)8-5-3-4-6-9(8)10/h7-8H,3-6H2,1-2H3. The third-order valence-corrected chi connectivity index (χ3v) is 2.91. The van der Waals surface area contributed by atoms with Crippen molar-refractivity contribution in [2.24, 2.45) is 11.8 Å². The van der Waals surface area contributed by atoms with E-state index in [9.17, 15) is 0 Å². The zero-order valence-corrected chi connectivity index (χ0v) is 7.71. The number of thiocarbonyl (C=S) groups is 1. The molecule has 0 amide bonds. The highest BCUT2D eigenvalue weighted by Gasteiger charge is 2.20. The lowest BCUT2D eigenvalue weighted by Gasteiger charge is -2.25. The molecule has 0 bridgehead atoms. The van der Waals surface area contributed by atoms with Crippen LogP contribution in [-0.2, 0) is 0 Å². The van der Waals surface area contributed by atoms with Crippen molar-refractivity contribution in [2.75, 3.05) is 0 Å². The highest BCUT2D eigenvalue weighted by atomic mass is 32.1. The molecule has 0 saturated heterocycles. The molecule has 0 heterocycles. The molecule has 1 fully saturated rings. The van der Waals surface area contributed by atoms with Gasteiger partial charge in [-0.05, 0) is 36.0 Å². The number of hydrogen-bond donors (Lipinski definition) is 0. The van der Waals surface area contributed by atoms with E-state index in [1.165, 1.54) is 30.5 Å². The van der Waals surface area contributed by atoms with E-state index in [4.69, 9.17) is 12.2 Å². The van der Waals surface area contributed by atoms with Crippen LogP contribution < -0.4 is 0 Å². The SMILES string of the molecule is CC(C)C1CCCCC1=S. The topological polar surface area (TPSA) is 0 Å². The van der Waals surface area contributed by atoms with Crippen LogP contribution in [0.3, 0.4) is 0 Å². The Balaban J connectivity index is 2.48. The average molecular weight is 156 g/mol. The molecule has 58 valence electrons. The van der Waals surface area contributed by atoms with Gasteiger partial charge in [-0.3, -0.25) is 0 Å². The van der Waals surface area contributed by atoms with Gasteiger partial charge in [-0.1, -0.05) is 32.5 Å². The van der Waals surface area contributed by atoms with Gasteiger partial charge in [0, 0.05) is 0 Å². The Morgan fingerprint density at radius 1 is 1.40 bits per heavy atom. The van der Waals surface area contributed by atoms with E-state index in [0.717, 1.165) is 11.8 Å². The van der Waals surface area contributed by atoms with Crippen LogP contribution in [0.2, 0.25) is 0 Å². The lowest BCUT2D eigenvalue weighted by Crippen LogP contribution is -2.21. The Kier molecular flexibility index (Phi) is 2.84. The van der Waals surface area contributed by atoms with E-state index in [0.29, 0.717) is 0 Å². The van der Waals surface area contributed by atoms with E-state index in [1.54, 1.807) is 0 Å². The molecular weight excluding hydrogens is 140 g/mol. The van der Waals surface area contributed by atoms with Gasteiger partial charge in [0.15, 0.2) is 0 Å². The Hall–Kier alpha value is 0.0900. The monoisotopic (exact) mass is 156 g/mol. The van der Waals surface area contributed by atoms with Crippen molar-refractivity contribution in [3.05, 3.63) is 0 Å². The summed E-state index contributed by atoms with van der Waals surface area (Å²) < 4.78 is 0. The Bertz CT molecular complexity index is 127. The molecule has 0 aliphatic heterocycles. The Labute approximate surface area is 69.0 Å². The summed E-state index contributed by atoms with van der Waals surface area (Å²) in [5.41, 5.74) is 0. The van der Waals surface area contributed by atoms with Crippen LogP contribution in [0.25, 0.3) is 0 Å². The molecule has 1 saturated carbocycles. The van der Waals surface area contributed by atoms with Gasteiger partial charge >= 0.3 is 0 Å². The molecule has 0 radical (unpaired) electrons. The molecular formula is C9H16S. The van der Waals surface area contributed by atoms with Gasteiger partial charge in [0.25, 0.3) is 0 Å². The molecule has 0 spiro atoms. The van der Waals surface area contributed by atoms with Crippen LogP contribution in [0.4, 0.5) is 0 Å². The average Bonchev–Trinajstić information content (AvgIpc) is 1.88. The zero-order valence-electron chi connectivity index (χ0n) is 6.89. The van der Waals surface area contributed by atoms with Crippen LogP contribution in [0, 0.1) is 11.8 Å². The van der Waals surface area contributed by atoms with Crippen molar-refractivity contribution < 1.29 is 0 Å².